The normalized spacial score (nSPS) is 11.4. The Bertz CT molecular complexity index is 734. The summed E-state index contributed by atoms with van der Waals surface area (Å²) in [7, 11) is 0. The fourth-order valence-corrected chi connectivity index (χ4v) is 2.27. The molecule has 2 rings (SSSR count). The minimum absolute atomic E-state index is 0.0610. The molecule has 2 aromatic rings. The third-order valence-electron chi connectivity index (χ3n) is 3.03. The number of hydrogen-bond donors (Lipinski definition) is 0. The smallest absolute Gasteiger partial charge is 0.306 e. The molecule has 0 bridgehead atoms. The van der Waals surface area contributed by atoms with Crippen molar-refractivity contribution < 1.29 is 18.0 Å². The summed E-state index contributed by atoms with van der Waals surface area (Å²) in [6.07, 6.45) is -4.72. The molecule has 122 valence electrons. The minimum atomic E-state index is -4.72. The first-order chi connectivity index (χ1) is 10.7. The highest BCUT2D eigenvalue weighted by atomic mass is 35.5. The van der Waals surface area contributed by atoms with Gasteiger partial charge < -0.3 is 4.90 Å². The molecule has 0 unspecified atom stereocenters. The predicted octanol–water partition coefficient (Wildman–Crippen LogP) is 4.12. The van der Waals surface area contributed by atoms with Gasteiger partial charge in [-0.05, 0) is 32.0 Å². The lowest BCUT2D eigenvalue weighted by atomic mass is 10.2. The van der Waals surface area contributed by atoms with Crippen LogP contribution in [0.3, 0.4) is 0 Å². The number of halogens is 4. The molecule has 0 saturated heterocycles. The van der Waals surface area contributed by atoms with E-state index >= 15 is 0 Å². The second-order valence-electron chi connectivity index (χ2n) is 4.72. The van der Waals surface area contributed by atoms with E-state index in [1.807, 2.05) is 0 Å². The summed E-state index contributed by atoms with van der Waals surface area (Å²) in [6.45, 7) is 3.30. The fourth-order valence-electron chi connectivity index (χ4n) is 2.04. The van der Waals surface area contributed by atoms with Crippen LogP contribution in [-0.4, -0.2) is 22.4 Å². The van der Waals surface area contributed by atoms with Gasteiger partial charge in [-0.25, -0.2) is 9.97 Å². The fraction of sp³-hybridized carbons (Fsp3) is 0.267. The van der Waals surface area contributed by atoms with E-state index < -0.39 is 17.9 Å². The molecule has 0 fully saturated rings. The quantitative estimate of drug-likeness (QED) is 0.842. The molecule has 4 nitrogen and oxygen atoms in total. The number of hydrogen-bond acceptors (Lipinski definition) is 3. The monoisotopic (exact) mass is 343 g/mol. The summed E-state index contributed by atoms with van der Waals surface area (Å²) < 4.78 is 38.4. The Morgan fingerprint density at radius 3 is 2.48 bits per heavy atom. The molecular weight excluding hydrogens is 331 g/mol. The third-order valence-corrected chi connectivity index (χ3v) is 3.35. The van der Waals surface area contributed by atoms with Crippen LogP contribution in [0.25, 0.3) is 0 Å². The largest absolute Gasteiger partial charge is 0.451 e. The van der Waals surface area contributed by atoms with Crippen molar-refractivity contribution in [1.29, 1.82) is 0 Å². The van der Waals surface area contributed by atoms with Crippen molar-refractivity contribution in [1.82, 2.24) is 9.97 Å². The number of rotatable bonds is 3. The number of aromatic nitrogens is 2. The Balaban J connectivity index is 2.47. The maximum atomic E-state index is 12.8. The van der Waals surface area contributed by atoms with E-state index in [2.05, 4.69) is 9.97 Å². The molecule has 8 heteroatoms. The van der Waals surface area contributed by atoms with Gasteiger partial charge in [0.1, 0.15) is 5.69 Å². The molecule has 0 saturated carbocycles. The molecule has 23 heavy (non-hydrogen) atoms. The summed E-state index contributed by atoms with van der Waals surface area (Å²) in [4.78, 5) is 20.5. The van der Waals surface area contributed by atoms with Crippen molar-refractivity contribution >= 4 is 23.2 Å². The number of para-hydroxylation sites is 1. The molecule has 0 aliphatic rings. The Labute approximate surface area is 135 Å². The molecule has 1 amide bonds. The average Bonchev–Trinajstić information content (AvgIpc) is 2.48. The van der Waals surface area contributed by atoms with Crippen molar-refractivity contribution in [2.75, 3.05) is 11.4 Å². The molecule has 1 aromatic carbocycles. The van der Waals surface area contributed by atoms with Crippen LogP contribution in [0.1, 0.15) is 28.9 Å². The van der Waals surface area contributed by atoms with Crippen LogP contribution in [0, 0.1) is 6.92 Å². The zero-order chi connectivity index (χ0) is 17.2. The maximum Gasteiger partial charge on any atom is 0.451 e. The van der Waals surface area contributed by atoms with Gasteiger partial charge in [0.15, 0.2) is 0 Å². The van der Waals surface area contributed by atoms with Gasteiger partial charge in [0, 0.05) is 12.2 Å². The van der Waals surface area contributed by atoms with Gasteiger partial charge in [-0.15, -0.1) is 0 Å². The minimum Gasteiger partial charge on any atom is -0.306 e. The summed E-state index contributed by atoms with van der Waals surface area (Å²) in [5.41, 5.74) is 0.143. The Hall–Kier alpha value is -2.15. The highest BCUT2D eigenvalue weighted by Crippen LogP contribution is 2.28. The Kier molecular flexibility index (Phi) is 4.89. The van der Waals surface area contributed by atoms with Gasteiger partial charge in [-0.1, -0.05) is 23.7 Å². The van der Waals surface area contributed by atoms with Crippen molar-refractivity contribution in [3.05, 3.63) is 52.6 Å². The molecule has 0 radical (unpaired) electrons. The second kappa shape index (κ2) is 6.54. The van der Waals surface area contributed by atoms with Crippen molar-refractivity contribution in [2.45, 2.75) is 20.0 Å². The number of anilines is 1. The Morgan fingerprint density at radius 2 is 1.91 bits per heavy atom. The molecular formula is C15H13ClF3N3O. The first-order valence-corrected chi connectivity index (χ1v) is 7.11. The van der Waals surface area contributed by atoms with Crippen LogP contribution in [0.2, 0.25) is 5.02 Å². The lowest BCUT2D eigenvalue weighted by Gasteiger charge is -2.22. The average molecular weight is 344 g/mol. The number of benzene rings is 1. The van der Waals surface area contributed by atoms with Gasteiger partial charge in [0.25, 0.3) is 5.91 Å². The van der Waals surface area contributed by atoms with Gasteiger partial charge in [-0.3, -0.25) is 4.79 Å². The molecule has 0 aliphatic heterocycles. The lowest BCUT2D eigenvalue weighted by Crippen LogP contribution is -2.32. The highest BCUT2D eigenvalue weighted by molar-refractivity contribution is 6.34. The second-order valence-corrected chi connectivity index (χ2v) is 5.12. The van der Waals surface area contributed by atoms with Crippen molar-refractivity contribution in [2.24, 2.45) is 0 Å². The first kappa shape index (κ1) is 17.2. The first-order valence-electron chi connectivity index (χ1n) is 6.73. The van der Waals surface area contributed by atoms with Crippen LogP contribution in [-0.2, 0) is 6.18 Å². The topological polar surface area (TPSA) is 46.1 Å². The van der Waals surface area contributed by atoms with Crippen LogP contribution in [0.4, 0.5) is 18.9 Å². The zero-order valence-electron chi connectivity index (χ0n) is 12.4. The van der Waals surface area contributed by atoms with Gasteiger partial charge in [0.05, 0.1) is 10.7 Å². The van der Waals surface area contributed by atoms with E-state index in [0.717, 1.165) is 0 Å². The number of carbonyl (C=O) groups excluding carboxylic acids is 1. The highest BCUT2D eigenvalue weighted by Gasteiger charge is 2.36. The summed E-state index contributed by atoms with van der Waals surface area (Å²) in [6, 6.07) is 7.81. The number of nitrogens with zero attached hydrogens (tertiary/aromatic N) is 3. The molecule has 0 spiro atoms. The van der Waals surface area contributed by atoms with Crippen LogP contribution >= 0.6 is 11.6 Å². The molecule has 0 atom stereocenters. The van der Waals surface area contributed by atoms with E-state index in [1.54, 1.807) is 31.2 Å². The molecule has 1 heterocycles. The predicted molar refractivity (Wildman–Crippen MR) is 80.6 cm³/mol. The van der Waals surface area contributed by atoms with E-state index in [9.17, 15) is 18.0 Å². The van der Waals surface area contributed by atoms with E-state index in [4.69, 9.17) is 11.6 Å². The number of aryl methyl sites for hydroxylation is 1. The maximum absolute atomic E-state index is 12.8. The number of carbonyl (C=O) groups is 1. The van der Waals surface area contributed by atoms with Crippen molar-refractivity contribution in [3.63, 3.8) is 0 Å². The van der Waals surface area contributed by atoms with E-state index in [1.165, 1.54) is 17.9 Å². The van der Waals surface area contributed by atoms with Crippen LogP contribution in [0.5, 0.6) is 0 Å². The van der Waals surface area contributed by atoms with Crippen LogP contribution in [0.15, 0.2) is 30.3 Å². The van der Waals surface area contributed by atoms with Gasteiger partial charge in [0.2, 0.25) is 5.82 Å². The van der Waals surface area contributed by atoms with Gasteiger partial charge >= 0.3 is 6.18 Å². The molecule has 0 aliphatic carbocycles. The lowest BCUT2D eigenvalue weighted by molar-refractivity contribution is -0.145. The van der Waals surface area contributed by atoms with Crippen molar-refractivity contribution in [3.8, 4) is 0 Å². The third kappa shape index (κ3) is 3.79. The number of amides is 1. The standard InChI is InChI=1S/C15H13ClF3N3O/c1-3-22(12-7-5-4-6-10(12)16)13(23)11-8-9(2)20-14(21-11)15(17,18)19/h4-8H,3H2,1-2H3. The summed E-state index contributed by atoms with van der Waals surface area (Å²) in [5, 5.41) is 0.324. The Morgan fingerprint density at radius 1 is 1.26 bits per heavy atom. The summed E-state index contributed by atoms with van der Waals surface area (Å²) >= 11 is 6.06. The molecule has 0 N–H and O–H groups in total. The van der Waals surface area contributed by atoms with E-state index in [0.29, 0.717) is 10.7 Å². The van der Waals surface area contributed by atoms with Crippen LogP contribution < -0.4 is 4.90 Å². The number of alkyl halides is 3. The molecule has 1 aromatic heterocycles. The SMILES string of the molecule is CCN(C(=O)c1cc(C)nc(C(F)(F)F)n1)c1ccccc1Cl. The zero-order valence-corrected chi connectivity index (χ0v) is 13.1. The van der Waals surface area contributed by atoms with Gasteiger partial charge in [-0.2, -0.15) is 13.2 Å². The summed E-state index contributed by atoms with van der Waals surface area (Å²) in [5.74, 6) is -2.01. The van der Waals surface area contributed by atoms with E-state index in [-0.39, 0.29) is 17.9 Å².